The van der Waals surface area contributed by atoms with E-state index < -0.39 is 5.60 Å². The molecular weight excluding hydrogens is 428 g/mol. The van der Waals surface area contributed by atoms with Gasteiger partial charge in [-0.2, -0.15) is 0 Å². The lowest BCUT2D eigenvalue weighted by Gasteiger charge is -2.37. The minimum Gasteiger partial charge on any atom is -0.497 e. The molecule has 6 heteroatoms. The molecule has 0 aromatic heterocycles. The molecule has 4 nitrogen and oxygen atoms in total. The number of benzene rings is 3. The second-order valence-corrected chi connectivity index (χ2v) is 9.65. The molecule has 3 aromatic carbocycles. The summed E-state index contributed by atoms with van der Waals surface area (Å²) in [5, 5.41) is 9.81. The maximum absolute atomic E-state index is 9.86. The molecule has 1 unspecified atom stereocenters. The second kappa shape index (κ2) is 11.5. The Morgan fingerprint density at radius 3 is 1.68 bits per heavy atom. The first-order valence-electron chi connectivity index (χ1n) is 9.96. The summed E-state index contributed by atoms with van der Waals surface area (Å²) >= 11 is 0. The molecule has 0 amide bonds. The van der Waals surface area contributed by atoms with Crippen LogP contribution in [0.5, 0.6) is 11.5 Å². The van der Waals surface area contributed by atoms with Gasteiger partial charge in [0.2, 0.25) is 0 Å². The molecular formula is C25H28O4S2. The van der Waals surface area contributed by atoms with Crippen molar-refractivity contribution in [3.05, 3.63) is 95.6 Å². The Kier molecular flexibility index (Phi) is 8.72. The van der Waals surface area contributed by atoms with E-state index in [2.05, 4.69) is 12.1 Å². The maximum Gasteiger partial charge on any atom is 0.143 e. The molecule has 0 fully saturated rings. The van der Waals surface area contributed by atoms with Crippen LogP contribution in [0.2, 0.25) is 0 Å². The lowest BCUT2D eigenvalue weighted by atomic mass is 9.80. The Balaban J connectivity index is 2.17. The zero-order valence-corrected chi connectivity index (χ0v) is 19.6. The van der Waals surface area contributed by atoms with E-state index in [9.17, 15) is 5.11 Å². The average molecular weight is 457 g/mol. The number of hydrogen-bond acceptors (Lipinski definition) is 6. The molecule has 1 atom stereocenters. The molecule has 164 valence electrons. The van der Waals surface area contributed by atoms with Gasteiger partial charge in [-0.3, -0.25) is 0 Å². The zero-order valence-electron chi connectivity index (χ0n) is 18.0. The first-order chi connectivity index (χ1) is 15.2. The zero-order chi connectivity index (χ0) is 22.1. The van der Waals surface area contributed by atoms with E-state index in [1.807, 2.05) is 73.0 Å². The Morgan fingerprint density at radius 2 is 1.26 bits per heavy atom. The van der Waals surface area contributed by atoms with E-state index in [0.29, 0.717) is 6.61 Å². The Morgan fingerprint density at radius 1 is 0.774 bits per heavy atom. The van der Waals surface area contributed by atoms with Gasteiger partial charge in [0.25, 0.3) is 0 Å². The number of hydrogen-bond donors (Lipinski definition) is 1. The SMILES string of the molecule is COc1ccc(C(OCC(CO)SSC)(c2ccccc2)c2ccc(OC)cc2)cc1. The van der Waals surface area contributed by atoms with Crippen molar-refractivity contribution in [3.63, 3.8) is 0 Å². The van der Waals surface area contributed by atoms with Crippen molar-refractivity contribution in [2.75, 3.05) is 33.7 Å². The highest BCUT2D eigenvalue weighted by Crippen LogP contribution is 2.42. The van der Waals surface area contributed by atoms with Crippen LogP contribution >= 0.6 is 21.6 Å². The normalized spacial score (nSPS) is 12.4. The summed E-state index contributed by atoms with van der Waals surface area (Å²) in [6.45, 7) is 0.427. The number of methoxy groups -OCH3 is 2. The van der Waals surface area contributed by atoms with Crippen LogP contribution in [-0.2, 0) is 10.3 Å². The Labute approximate surface area is 192 Å². The van der Waals surface area contributed by atoms with Gasteiger partial charge in [-0.05, 0) is 47.2 Å². The summed E-state index contributed by atoms with van der Waals surface area (Å²) < 4.78 is 17.5. The van der Waals surface area contributed by atoms with Gasteiger partial charge in [0.15, 0.2) is 0 Å². The van der Waals surface area contributed by atoms with E-state index in [1.165, 1.54) is 0 Å². The predicted molar refractivity (Wildman–Crippen MR) is 130 cm³/mol. The Bertz CT molecular complexity index is 867. The van der Waals surface area contributed by atoms with Gasteiger partial charge >= 0.3 is 0 Å². The molecule has 0 aliphatic heterocycles. The van der Waals surface area contributed by atoms with Crippen molar-refractivity contribution in [1.29, 1.82) is 0 Å². The van der Waals surface area contributed by atoms with Crippen molar-refractivity contribution in [3.8, 4) is 11.5 Å². The van der Waals surface area contributed by atoms with Crippen LogP contribution in [-0.4, -0.2) is 44.0 Å². The van der Waals surface area contributed by atoms with Crippen molar-refractivity contribution in [1.82, 2.24) is 0 Å². The molecule has 0 radical (unpaired) electrons. The van der Waals surface area contributed by atoms with Gasteiger partial charge in [0.1, 0.15) is 17.1 Å². The maximum atomic E-state index is 9.86. The van der Waals surface area contributed by atoms with Crippen molar-refractivity contribution >= 4 is 21.6 Å². The molecule has 0 heterocycles. The van der Waals surface area contributed by atoms with Gasteiger partial charge in [0, 0.05) is 0 Å². The van der Waals surface area contributed by atoms with E-state index in [-0.39, 0.29) is 11.9 Å². The van der Waals surface area contributed by atoms with E-state index in [1.54, 1.807) is 35.8 Å². The first kappa shape index (κ1) is 23.5. The van der Waals surface area contributed by atoms with Gasteiger partial charge in [-0.1, -0.05) is 76.2 Å². The molecule has 3 rings (SSSR count). The monoisotopic (exact) mass is 456 g/mol. The minimum atomic E-state index is -0.855. The molecule has 31 heavy (non-hydrogen) atoms. The summed E-state index contributed by atoms with van der Waals surface area (Å²) in [5.74, 6) is 1.57. The molecule has 3 aromatic rings. The topological polar surface area (TPSA) is 47.9 Å². The molecule has 0 saturated carbocycles. The highest BCUT2D eigenvalue weighted by molar-refractivity contribution is 8.76. The molecule has 0 aliphatic carbocycles. The fourth-order valence-electron chi connectivity index (χ4n) is 3.54. The van der Waals surface area contributed by atoms with Crippen LogP contribution in [0.3, 0.4) is 0 Å². The lowest BCUT2D eigenvalue weighted by molar-refractivity contribution is 0.00879. The van der Waals surface area contributed by atoms with Gasteiger partial charge in [0.05, 0.1) is 32.7 Å². The fourth-order valence-corrected chi connectivity index (χ4v) is 5.16. The third-order valence-electron chi connectivity index (χ3n) is 5.10. The number of ether oxygens (including phenoxy) is 3. The van der Waals surface area contributed by atoms with E-state index in [0.717, 1.165) is 28.2 Å². The van der Waals surface area contributed by atoms with Crippen LogP contribution in [0.15, 0.2) is 78.9 Å². The largest absolute Gasteiger partial charge is 0.497 e. The van der Waals surface area contributed by atoms with Crippen molar-refractivity contribution in [2.24, 2.45) is 0 Å². The molecule has 0 saturated heterocycles. The molecule has 0 bridgehead atoms. The molecule has 1 N–H and O–H groups in total. The van der Waals surface area contributed by atoms with Crippen LogP contribution in [0.1, 0.15) is 16.7 Å². The summed E-state index contributed by atoms with van der Waals surface area (Å²) in [6, 6.07) is 26.1. The summed E-state index contributed by atoms with van der Waals surface area (Å²) in [6.07, 6.45) is 2.00. The van der Waals surface area contributed by atoms with E-state index >= 15 is 0 Å². The molecule has 0 spiro atoms. The average Bonchev–Trinajstić information content (AvgIpc) is 2.85. The lowest BCUT2D eigenvalue weighted by Crippen LogP contribution is -2.35. The van der Waals surface area contributed by atoms with Gasteiger partial charge in [-0.15, -0.1) is 0 Å². The third-order valence-corrected chi connectivity index (χ3v) is 7.24. The number of rotatable bonds is 11. The third kappa shape index (κ3) is 5.39. The molecule has 0 aliphatic rings. The highest BCUT2D eigenvalue weighted by atomic mass is 33.1. The first-order valence-corrected chi connectivity index (χ1v) is 12.6. The summed E-state index contributed by atoms with van der Waals surface area (Å²) in [5.41, 5.74) is 2.12. The standard InChI is InChI=1S/C25H28O4S2/c1-27-22-13-9-20(10-14-22)25(19-7-5-4-6-8-19,29-18-24(17-26)31-30-3)21-11-15-23(28-2)16-12-21/h4-16,24,26H,17-18H2,1-3H3. The van der Waals surface area contributed by atoms with Crippen LogP contribution in [0.4, 0.5) is 0 Å². The van der Waals surface area contributed by atoms with Crippen molar-refractivity contribution in [2.45, 2.75) is 10.9 Å². The minimum absolute atomic E-state index is 0.0433. The van der Waals surface area contributed by atoms with Crippen LogP contribution < -0.4 is 9.47 Å². The Hall–Kier alpha value is -2.12. The highest BCUT2D eigenvalue weighted by Gasteiger charge is 2.38. The predicted octanol–water partition coefficient (Wildman–Crippen LogP) is 5.38. The smallest absolute Gasteiger partial charge is 0.143 e. The van der Waals surface area contributed by atoms with Crippen LogP contribution in [0.25, 0.3) is 0 Å². The van der Waals surface area contributed by atoms with Gasteiger partial charge in [-0.25, -0.2) is 0 Å². The van der Waals surface area contributed by atoms with Crippen LogP contribution in [0, 0.1) is 0 Å². The van der Waals surface area contributed by atoms with Crippen molar-refractivity contribution < 1.29 is 19.3 Å². The fraction of sp³-hybridized carbons (Fsp3) is 0.280. The van der Waals surface area contributed by atoms with E-state index in [4.69, 9.17) is 14.2 Å². The summed E-state index contributed by atoms with van der Waals surface area (Å²) in [7, 11) is 6.56. The number of aliphatic hydroxyl groups excluding tert-OH is 1. The summed E-state index contributed by atoms with van der Waals surface area (Å²) in [4.78, 5) is 0. The van der Waals surface area contributed by atoms with Gasteiger partial charge < -0.3 is 19.3 Å². The second-order valence-electron chi connectivity index (χ2n) is 6.88. The number of aliphatic hydroxyl groups is 1. The quantitative estimate of drug-likeness (QED) is 0.309.